The molecule has 0 unspecified atom stereocenters. The van der Waals surface area contributed by atoms with Crippen molar-refractivity contribution in [1.82, 2.24) is 4.98 Å². The lowest BCUT2D eigenvalue weighted by atomic mass is 9.97. The number of halogens is 4. The number of aliphatic hydroxyl groups is 1. The average molecular weight is 387 g/mol. The number of nitrogens with one attached hydrogen (secondary N) is 1. The van der Waals surface area contributed by atoms with Crippen LogP contribution in [0, 0.1) is 0 Å². The van der Waals surface area contributed by atoms with E-state index in [1.165, 1.54) is 0 Å². The Morgan fingerprint density at radius 2 is 1.43 bits per heavy atom. The molecule has 1 aromatic heterocycles. The highest BCUT2D eigenvalue weighted by Gasteiger charge is 2.18. The lowest BCUT2D eigenvalue weighted by Gasteiger charge is -2.13. The van der Waals surface area contributed by atoms with Crippen LogP contribution in [0.4, 0.5) is 0 Å². The van der Waals surface area contributed by atoms with E-state index < -0.39 is 6.10 Å². The molecule has 0 amide bonds. The van der Waals surface area contributed by atoms with Crippen molar-refractivity contribution in [1.29, 1.82) is 0 Å². The zero-order valence-corrected chi connectivity index (χ0v) is 14.7. The van der Waals surface area contributed by atoms with E-state index in [0.717, 1.165) is 11.1 Å². The predicted molar refractivity (Wildman–Crippen MR) is 96.8 cm³/mol. The molecule has 0 aliphatic rings. The minimum absolute atomic E-state index is 0.398. The normalized spacial score (nSPS) is 12.4. The molecule has 0 radical (unpaired) electrons. The molecule has 2 N–H and O–H groups in total. The molecule has 2 nitrogen and oxygen atoms in total. The molecule has 0 spiro atoms. The van der Waals surface area contributed by atoms with Gasteiger partial charge in [-0.2, -0.15) is 0 Å². The number of benzene rings is 2. The molecule has 6 heteroatoms. The molecule has 0 bridgehead atoms. The van der Waals surface area contributed by atoms with Gasteiger partial charge in [-0.25, -0.2) is 0 Å². The monoisotopic (exact) mass is 385 g/mol. The van der Waals surface area contributed by atoms with Gasteiger partial charge in [0.25, 0.3) is 0 Å². The van der Waals surface area contributed by atoms with Gasteiger partial charge in [-0.1, -0.05) is 58.5 Å². The molecule has 0 saturated heterocycles. The fourth-order valence-corrected chi connectivity index (χ4v) is 2.98. The number of aliphatic hydroxyl groups excluding tert-OH is 1. The minimum Gasteiger partial charge on any atom is -0.384 e. The van der Waals surface area contributed by atoms with E-state index in [-0.39, 0.29) is 0 Å². The SMILES string of the molecule is O[C@@H](c1ccc(Cl)c(Cl)c1)c1c[nH]cc1-c1ccc(Cl)c(Cl)c1. The largest absolute Gasteiger partial charge is 0.384 e. The molecule has 3 aromatic rings. The second-order valence-electron chi connectivity index (χ2n) is 5.03. The van der Waals surface area contributed by atoms with Gasteiger partial charge in [-0.05, 0) is 35.4 Å². The first-order chi connectivity index (χ1) is 11.0. The molecule has 0 saturated carbocycles. The van der Waals surface area contributed by atoms with Gasteiger partial charge in [0.2, 0.25) is 0 Å². The highest BCUT2D eigenvalue weighted by molar-refractivity contribution is 6.42. The van der Waals surface area contributed by atoms with Gasteiger partial charge in [-0.3, -0.25) is 0 Å². The summed E-state index contributed by atoms with van der Waals surface area (Å²) in [6, 6.07) is 10.4. The highest BCUT2D eigenvalue weighted by atomic mass is 35.5. The minimum atomic E-state index is -0.847. The maximum atomic E-state index is 10.7. The summed E-state index contributed by atoms with van der Waals surface area (Å²) in [5.74, 6) is 0. The Kier molecular flexibility index (Phi) is 4.90. The van der Waals surface area contributed by atoms with Gasteiger partial charge < -0.3 is 10.1 Å². The molecule has 3 rings (SSSR count). The van der Waals surface area contributed by atoms with Gasteiger partial charge in [-0.15, -0.1) is 0 Å². The first-order valence-electron chi connectivity index (χ1n) is 6.72. The van der Waals surface area contributed by atoms with Crippen LogP contribution in [0.5, 0.6) is 0 Å². The van der Waals surface area contributed by atoms with E-state index in [2.05, 4.69) is 4.98 Å². The highest BCUT2D eigenvalue weighted by Crippen LogP contribution is 2.36. The van der Waals surface area contributed by atoms with Gasteiger partial charge in [0.05, 0.1) is 20.1 Å². The summed E-state index contributed by atoms with van der Waals surface area (Å²) in [4.78, 5) is 3.01. The fraction of sp³-hybridized carbons (Fsp3) is 0.0588. The Morgan fingerprint density at radius 3 is 2.09 bits per heavy atom. The Morgan fingerprint density at radius 1 is 0.783 bits per heavy atom. The topological polar surface area (TPSA) is 36.0 Å². The summed E-state index contributed by atoms with van der Waals surface area (Å²) in [7, 11) is 0. The van der Waals surface area contributed by atoms with Gasteiger partial charge in [0.1, 0.15) is 6.10 Å². The van der Waals surface area contributed by atoms with Crippen LogP contribution in [0.1, 0.15) is 17.2 Å². The number of aromatic amines is 1. The molecule has 1 atom stereocenters. The maximum absolute atomic E-state index is 10.7. The Hall–Kier alpha value is -1.16. The van der Waals surface area contributed by atoms with Crippen LogP contribution in [0.2, 0.25) is 20.1 Å². The Bertz CT molecular complexity index is 860. The van der Waals surface area contributed by atoms with Gasteiger partial charge in [0, 0.05) is 23.5 Å². The first kappa shape index (κ1) is 16.7. The summed E-state index contributed by atoms with van der Waals surface area (Å²) in [5, 5.41) is 12.5. The first-order valence-corrected chi connectivity index (χ1v) is 8.23. The van der Waals surface area contributed by atoms with Crippen molar-refractivity contribution in [2.75, 3.05) is 0 Å². The number of hydrogen-bond acceptors (Lipinski definition) is 1. The van der Waals surface area contributed by atoms with Crippen molar-refractivity contribution in [3.05, 3.63) is 80.0 Å². The fourth-order valence-electron chi connectivity index (χ4n) is 2.38. The summed E-state index contributed by atoms with van der Waals surface area (Å²) >= 11 is 24.0. The molecule has 118 valence electrons. The molecular weight excluding hydrogens is 376 g/mol. The Balaban J connectivity index is 2.02. The summed E-state index contributed by atoms with van der Waals surface area (Å²) in [6.07, 6.45) is 2.70. The van der Waals surface area contributed by atoms with E-state index in [4.69, 9.17) is 46.4 Å². The van der Waals surface area contributed by atoms with Crippen LogP contribution in [-0.2, 0) is 0 Å². The third-order valence-electron chi connectivity index (χ3n) is 3.56. The maximum Gasteiger partial charge on any atom is 0.106 e. The second-order valence-corrected chi connectivity index (χ2v) is 6.66. The second kappa shape index (κ2) is 6.76. The predicted octanol–water partition coefficient (Wildman–Crippen LogP) is 6.38. The number of H-pyrrole nitrogens is 1. The van der Waals surface area contributed by atoms with Crippen LogP contribution < -0.4 is 0 Å². The average Bonchev–Trinajstić information content (AvgIpc) is 3.01. The van der Waals surface area contributed by atoms with E-state index in [1.54, 1.807) is 42.7 Å². The number of rotatable bonds is 3. The smallest absolute Gasteiger partial charge is 0.106 e. The van der Waals surface area contributed by atoms with Crippen molar-refractivity contribution < 1.29 is 5.11 Å². The van der Waals surface area contributed by atoms with E-state index in [0.29, 0.717) is 31.2 Å². The van der Waals surface area contributed by atoms with Crippen molar-refractivity contribution in [3.8, 4) is 11.1 Å². The lowest BCUT2D eigenvalue weighted by molar-refractivity contribution is 0.221. The van der Waals surface area contributed by atoms with Crippen molar-refractivity contribution in [2.45, 2.75) is 6.10 Å². The van der Waals surface area contributed by atoms with Gasteiger partial charge in [0.15, 0.2) is 0 Å². The molecule has 0 aliphatic heterocycles. The number of aromatic nitrogens is 1. The van der Waals surface area contributed by atoms with Crippen molar-refractivity contribution in [2.24, 2.45) is 0 Å². The summed E-state index contributed by atoms with van der Waals surface area (Å²) in [5.41, 5.74) is 3.05. The van der Waals surface area contributed by atoms with E-state index >= 15 is 0 Å². The van der Waals surface area contributed by atoms with Crippen LogP contribution >= 0.6 is 46.4 Å². The zero-order chi connectivity index (χ0) is 16.6. The van der Waals surface area contributed by atoms with Crippen LogP contribution in [0.15, 0.2) is 48.8 Å². The molecule has 0 fully saturated rings. The Labute approximate surface area is 153 Å². The molecule has 0 aliphatic carbocycles. The lowest BCUT2D eigenvalue weighted by Crippen LogP contribution is -2.00. The molecule has 1 heterocycles. The molecule has 23 heavy (non-hydrogen) atoms. The number of hydrogen-bond donors (Lipinski definition) is 2. The van der Waals surface area contributed by atoms with Crippen molar-refractivity contribution >= 4 is 46.4 Å². The third-order valence-corrected chi connectivity index (χ3v) is 5.04. The quantitative estimate of drug-likeness (QED) is 0.538. The van der Waals surface area contributed by atoms with Crippen molar-refractivity contribution in [3.63, 3.8) is 0 Å². The van der Waals surface area contributed by atoms with E-state index in [9.17, 15) is 5.11 Å². The van der Waals surface area contributed by atoms with Crippen LogP contribution in [-0.4, -0.2) is 10.1 Å². The zero-order valence-electron chi connectivity index (χ0n) is 11.7. The third kappa shape index (κ3) is 3.37. The summed E-state index contributed by atoms with van der Waals surface area (Å²) in [6.45, 7) is 0. The van der Waals surface area contributed by atoms with Gasteiger partial charge >= 0.3 is 0 Å². The van der Waals surface area contributed by atoms with Crippen LogP contribution in [0.25, 0.3) is 11.1 Å². The molecular formula is C17H11Cl4NO. The molecule has 2 aromatic carbocycles. The standard InChI is InChI=1S/C17H11Cl4NO/c18-13-3-1-9(5-15(13)20)11-7-22-8-12(11)17(23)10-2-4-14(19)16(21)6-10/h1-8,17,22-23H/t17-/m0/s1. The summed E-state index contributed by atoms with van der Waals surface area (Å²) < 4.78 is 0. The van der Waals surface area contributed by atoms with E-state index in [1.807, 2.05) is 6.07 Å². The van der Waals surface area contributed by atoms with Crippen LogP contribution in [0.3, 0.4) is 0 Å².